The smallest absolute Gasteiger partial charge is 0.0589 e. The summed E-state index contributed by atoms with van der Waals surface area (Å²) in [5, 5.41) is 4.70. The molecule has 0 aliphatic carbocycles. The fourth-order valence-electron chi connectivity index (χ4n) is 2.00. The number of nitrogens with one attached hydrogen (secondary N) is 1. The predicted molar refractivity (Wildman–Crippen MR) is 78.5 cm³/mol. The van der Waals surface area contributed by atoms with Gasteiger partial charge >= 0.3 is 0 Å². The first-order valence-corrected chi connectivity index (χ1v) is 6.56. The molecular weight excluding hydrogens is 265 g/mol. The van der Waals surface area contributed by atoms with Gasteiger partial charge < -0.3 is 5.32 Å². The van der Waals surface area contributed by atoms with Crippen molar-refractivity contribution in [1.82, 2.24) is 5.32 Å². The van der Waals surface area contributed by atoms with Gasteiger partial charge in [-0.05, 0) is 43.3 Å². The molecule has 3 heteroatoms. The first kappa shape index (κ1) is 13.4. The van der Waals surface area contributed by atoms with Crippen LogP contribution in [0.5, 0.6) is 0 Å². The lowest BCUT2D eigenvalue weighted by molar-refractivity contribution is 0.692. The van der Waals surface area contributed by atoms with Crippen molar-refractivity contribution in [2.24, 2.45) is 0 Å². The average Bonchev–Trinajstić information content (AvgIpc) is 2.37. The standard InChI is InChI=1S/C15H15Cl2N/c1-10-3-5-11(6-4-10)15(18-2)13-9-12(16)7-8-14(13)17/h3-9,15,18H,1-2H3. The first-order valence-electron chi connectivity index (χ1n) is 5.80. The summed E-state index contributed by atoms with van der Waals surface area (Å²) in [5.74, 6) is 0. The van der Waals surface area contributed by atoms with Crippen LogP contribution in [0.15, 0.2) is 42.5 Å². The second-order valence-corrected chi connectivity index (χ2v) is 5.14. The molecule has 2 aromatic carbocycles. The van der Waals surface area contributed by atoms with Crippen molar-refractivity contribution >= 4 is 23.2 Å². The monoisotopic (exact) mass is 279 g/mol. The molecule has 0 amide bonds. The van der Waals surface area contributed by atoms with Crippen molar-refractivity contribution < 1.29 is 0 Å². The maximum Gasteiger partial charge on any atom is 0.0589 e. The molecule has 1 atom stereocenters. The summed E-state index contributed by atoms with van der Waals surface area (Å²) in [7, 11) is 1.92. The van der Waals surface area contributed by atoms with Crippen molar-refractivity contribution in [2.45, 2.75) is 13.0 Å². The third-order valence-electron chi connectivity index (χ3n) is 2.97. The van der Waals surface area contributed by atoms with Crippen molar-refractivity contribution in [3.05, 3.63) is 69.2 Å². The van der Waals surface area contributed by atoms with E-state index in [0.29, 0.717) is 5.02 Å². The number of halogens is 2. The molecule has 0 fully saturated rings. The van der Waals surface area contributed by atoms with Crippen molar-refractivity contribution in [2.75, 3.05) is 7.05 Å². The summed E-state index contributed by atoms with van der Waals surface area (Å²) in [6.45, 7) is 2.07. The summed E-state index contributed by atoms with van der Waals surface area (Å²) in [5.41, 5.74) is 3.41. The Morgan fingerprint density at radius 3 is 2.28 bits per heavy atom. The quantitative estimate of drug-likeness (QED) is 0.865. The Bertz CT molecular complexity index is 535. The predicted octanol–water partition coefficient (Wildman–Crippen LogP) is 4.61. The number of hydrogen-bond donors (Lipinski definition) is 1. The van der Waals surface area contributed by atoms with Gasteiger partial charge in [-0.25, -0.2) is 0 Å². The van der Waals surface area contributed by atoms with Crippen LogP contribution in [0.2, 0.25) is 10.0 Å². The van der Waals surface area contributed by atoms with E-state index in [1.165, 1.54) is 11.1 Å². The molecule has 0 spiro atoms. The lowest BCUT2D eigenvalue weighted by Crippen LogP contribution is -2.18. The molecular formula is C15H15Cl2N. The summed E-state index contributed by atoms with van der Waals surface area (Å²) in [6.07, 6.45) is 0. The zero-order valence-electron chi connectivity index (χ0n) is 10.4. The summed E-state index contributed by atoms with van der Waals surface area (Å²) in [4.78, 5) is 0. The molecule has 18 heavy (non-hydrogen) atoms. The summed E-state index contributed by atoms with van der Waals surface area (Å²) in [6, 6.07) is 14.0. The molecule has 1 nitrogen and oxygen atoms in total. The Labute approximate surface area is 118 Å². The first-order chi connectivity index (χ1) is 8.61. The highest BCUT2D eigenvalue weighted by atomic mass is 35.5. The molecule has 94 valence electrons. The van der Waals surface area contributed by atoms with Crippen LogP contribution < -0.4 is 5.32 Å². The Hall–Kier alpha value is -1.02. The fourth-order valence-corrected chi connectivity index (χ4v) is 2.40. The van der Waals surface area contributed by atoms with E-state index in [-0.39, 0.29) is 6.04 Å². The maximum absolute atomic E-state index is 6.25. The van der Waals surface area contributed by atoms with Crippen LogP contribution >= 0.6 is 23.2 Å². The minimum Gasteiger partial charge on any atom is -0.309 e. The molecule has 2 aromatic rings. The van der Waals surface area contributed by atoms with Crippen molar-refractivity contribution in [3.63, 3.8) is 0 Å². The van der Waals surface area contributed by atoms with Gasteiger partial charge in [0.25, 0.3) is 0 Å². The lowest BCUT2D eigenvalue weighted by Gasteiger charge is -2.19. The van der Waals surface area contributed by atoms with Crippen molar-refractivity contribution in [3.8, 4) is 0 Å². The van der Waals surface area contributed by atoms with Gasteiger partial charge in [-0.2, -0.15) is 0 Å². The molecule has 0 aliphatic rings. The lowest BCUT2D eigenvalue weighted by atomic mass is 9.98. The van der Waals surface area contributed by atoms with Gasteiger partial charge in [-0.15, -0.1) is 0 Å². The Balaban J connectivity index is 2.44. The van der Waals surface area contributed by atoms with Crippen LogP contribution in [0.1, 0.15) is 22.7 Å². The van der Waals surface area contributed by atoms with E-state index in [1.807, 2.05) is 19.2 Å². The van der Waals surface area contributed by atoms with Crippen LogP contribution in [-0.2, 0) is 0 Å². The highest BCUT2D eigenvalue weighted by Gasteiger charge is 2.15. The van der Waals surface area contributed by atoms with Crippen LogP contribution in [0.25, 0.3) is 0 Å². The van der Waals surface area contributed by atoms with E-state index >= 15 is 0 Å². The zero-order chi connectivity index (χ0) is 13.1. The van der Waals surface area contributed by atoms with Crippen LogP contribution in [0.3, 0.4) is 0 Å². The second kappa shape index (κ2) is 5.75. The summed E-state index contributed by atoms with van der Waals surface area (Å²) >= 11 is 12.3. The number of benzene rings is 2. The van der Waals surface area contributed by atoms with Gasteiger partial charge in [0, 0.05) is 10.0 Å². The van der Waals surface area contributed by atoms with E-state index in [1.54, 1.807) is 6.07 Å². The number of aryl methyl sites for hydroxylation is 1. The molecule has 0 radical (unpaired) electrons. The van der Waals surface area contributed by atoms with Gasteiger partial charge in [0.2, 0.25) is 0 Å². The highest BCUT2D eigenvalue weighted by molar-refractivity contribution is 6.33. The van der Waals surface area contributed by atoms with Crippen LogP contribution in [0, 0.1) is 6.92 Å². The number of hydrogen-bond acceptors (Lipinski definition) is 1. The Morgan fingerprint density at radius 1 is 1.00 bits per heavy atom. The van der Waals surface area contributed by atoms with Gasteiger partial charge in [0.05, 0.1) is 6.04 Å². The van der Waals surface area contributed by atoms with E-state index in [9.17, 15) is 0 Å². The molecule has 0 aliphatic heterocycles. The molecule has 0 heterocycles. The SMILES string of the molecule is CNC(c1ccc(C)cc1)c1cc(Cl)ccc1Cl. The third kappa shape index (κ3) is 2.86. The van der Waals surface area contributed by atoms with E-state index in [4.69, 9.17) is 23.2 Å². The molecule has 1 unspecified atom stereocenters. The van der Waals surface area contributed by atoms with Gasteiger partial charge in [-0.3, -0.25) is 0 Å². The number of rotatable bonds is 3. The van der Waals surface area contributed by atoms with E-state index < -0.39 is 0 Å². The van der Waals surface area contributed by atoms with Gasteiger partial charge in [0.15, 0.2) is 0 Å². The Kier molecular flexibility index (Phi) is 4.28. The summed E-state index contributed by atoms with van der Waals surface area (Å²) < 4.78 is 0. The molecule has 0 bridgehead atoms. The van der Waals surface area contributed by atoms with E-state index in [0.717, 1.165) is 10.6 Å². The van der Waals surface area contributed by atoms with Gasteiger partial charge in [0.1, 0.15) is 0 Å². The van der Waals surface area contributed by atoms with Crippen molar-refractivity contribution in [1.29, 1.82) is 0 Å². The largest absolute Gasteiger partial charge is 0.309 e. The zero-order valence-corrected chi connectivity index (χ0v) is 11.9. The van der Waals surface area contributed by atoms with Crippen LogP contribution in [0.4, 0.5) is 0 Å². The fraction of sp³-hybridized carbons (Fsp3) is 0.200. The molecule has 1 N–H and O–H groups in total. The minimum atomic E-state index is 0.0526. The molecule has 0 aromatic heterocycles. The minimum absolute atomic E-state index is 0.0526. The molecule has 0 saturated carbocycles. The topological polar surface area (TPSA) is 12.0 Å². The molecule has 2 rings (SSSR count). The second-order valence-electron chi connectivity index (χ2n) is 4.30. The maximum atomic E-state index is 6.25. The Morgan fingerprint density at radius 2 is 1.67 bits per heavy atom. The average molecular weight is 280 g/mol. The van der Waals surface area contributed by atoms with Gasteiger partial charge in [-0.1, -0.05) is 53.0 Å². The van der Waals surface area contributed by atoms with E-state index in [2.05, 4.69) is 36.5 Å². The highest BCUT2D eigenvalue weighted by Crippen LogP contribution is 2.30. The normalized spacial score (nSPS) is 12.4. The molecule has 0 saturated heterocycles. The van der Waals surface area contributed by atoms with Crippen LogP contribution in [-0.4, -0.2) is 7.05 Å². The third-order valence-corrected chi connectivity index (χ3v) is 3.55.